The van der Waals surface area contributed by atoms with Gasteiger partial charge in [-0.25, -0.2) is 0 Å². The minimum absolute atomic E-state index is 0.0468. The Labute approximate surface area is 142 Å². The molecule has 0 fully saturated rings. The van der Waals surface area contributed by atoms with E-state index in [1.165, 1.54) is 11.1 Å². The Hall–Kier alpha value is -2.49. The number of benzene rings is 2. The monoisotopic (exact) mass is 325 g/mol. The van der Waals surface area contributed by atoms with Crippen LogP contribution >= 0.6 is 0 Å². The van der Waals surface area contributed by atoms with E-state index in [1.54, 1.807) is 20.3 Å². The molecule has 1 amide bonds. The van der Waals surface area contributed by atoms with Gasteiger partial charge < -0.3 is 14.8 Å². The van der Waals surface area contributed by atoms with Crippen LogP contribution < -0.4 is 14.8 Å². The van der Waals surface area contributed by atoms with E-state index < -0.39 is 0 Å². The van der Waals surface area contributed by atoms with Crippen LogP contribution in [0.4, 0.5) is 0 Å². The number of aryl methyl sites for hydroxylation is 2. The molecule has 0 saturated heterocycles. The Morgan fingerprint density at radius 3 is 2.67 bits per heavy atom. The number of amides is 1. The largest absolute Gasteiger partial charge is 0.497 e. The van der Waals surface area contributed by atoms with Gasteiger partial charge in [0.05, 0.1) is 20.3 Å². The molecular formula is C20H23NO3. The van der Waals surface area contributed by atoms with Gasteiger partial charge in [-0.05, 0) is 73.2 Å². The maximum absolute atomic E-state index is 12.6. The molecule has 0 bridgehead atoms. The van der Waals surface area contributed by atoms with Crippen LogP contribution in [0.15, 0.2) is 36.4 Å². The van der Waals surface area contributed by atoms with E-state index in [2.05, 4.69) is 17.4 Å². The number of hydrogen-bond donors (Lipinski definition) is 1. The first-order valence-electron chi connectivity index (χ1n) is 8.24. The smallest absolute Gasteiger partial charge is 0.251 e. The van der Waals surface area contributed by atoms with Gasteiger partial charge in [0.15, 0.2) is 0 Å². The maximum atomic E-state index is 12.6. The number of carbonyl (C=O) groups is 1. The van der Waals surface area contributed by atoms with Crippen molar-refractivity contribution in [2.24, 2.45) is 0 Å². The summed E-state index contributed by atoms with van der Waals surface area (Å²) in [5, 5.41) is 3.17. The third-order valence-corrected chi connectivity index (χ3v) is 4.63. The Morgan fingerprint density at radius 1 is 1.12 bits per heavy atom. The second kappa shape index (κ2) is 6.95. The maximum Gasteiger partial charge on any atom is 0.251 e. The van der Waals surface area contributed by atoms with E-state index in [4.69, 9.17) is 9.47 Å². The molecule has 1 atom stereocenters. The lowest BCUT2D eigenvalue weighted by Gasteiger charge is -2.27. The minimum atomic E-state index is -0.0468. The van der Waals surface area contributed by atoms with Crippen LogP contribution in [0.25, 0.3) is 0 Å². The van der Waals surface area contributed by atoms with Crippen molar-refractivity contribution in [3.63, 3.8) is 0 Å². The average molecular weight is 325 g/mol. The summed E-state index contributed by atoms with van der Waals surface area (Å²) in [6.45, 7) is 1.94. The van der Waals surface area contributed by atoms with Gasteiger partial charge in [0.2, 0.25) is 0 Å². The van der Waals surface area contributed by atoms with Gasteiger partial charge >= 0.3 is 0 Å². The quantitative estimate of drug-likeness (QED) is 0.929. The SMILES string of the molecule is COc1ccc2c(c1)CCC[C@@H]2NC(=O)c1ccc(OC)c(C)c1. The number of methoxy groups -OCH3 is 2. The topological polar surface area (TPSA) is 47.6 Å². The van der Waals surface area contributed by atoms with Crippen LogP contribution in [-0.4, -0.2) is 20.1 Å². The number of carbonyl (C=O) groups excluding carboxylic acids is 1. The Bertz CT molecular complexity index is 755. The molecule has 2 aromatic rings. The molecule has 0 aromatic heterocycles. The van der Waals surface area contributed by atoms with E-state index in [1.807, 2.05) is 25.1 Å². The summed E-state index contributed by atoms with van der Waals surface area (Å²) in [7, 11) is 3.31. The highest BCUT2D eigenvalue weighted by atomic mass is 16.5. The minimum Gasteiger partial charge on any atom is -0.497 e. The summed E-state index contributed by atoms with van der Waals surface area (Å²) in [4.78, 5) is 12.6. The third kappa shape index (κ3) is 3.23. The molecule has 4 heteroatoms. The molecule has 0 aliphatic heterocycles. The number of hydrogen-bond acceptors (Lipinski definition) is 3. The first-order chi connectivity index (χ1) is 11.6. The molecule has 3 rings (SSSR count). The van der Waals surface area contributed by atoms with E-state index >= 15 is 0 Å². The van der Waals surface area contributed by atoms with Crippen LogP contribution in [-0.2, 0) is 6.42 Å². The van der Waals surface area contributed by atoms with Crippen molar-refractivity contribution >= 4 is 5.91 Å². The van der Waals surface area contributed by atoms with Crippen molar-refractivity contribution in [1.29, 1.82) is 0 Å². The van der Waals surface area contributed by atoms with E-state index in [0.29, 0.717) is 5.56 Å². The second-order valence-corrected chi connectivity index (χ2v) is 6.17. The summed E-state index contributed by atoms with van der Waals surface area (Å²) >= 11 is 0. The molecular weight excluding hydrogens is 302 g/mol. The van der Waals surface area contributed by atoms with Crippen molar-refractivity contribution in [2.45, 2.75) is 32.2 Å². The number of fused-ring (bicyclic) bond motifs is 1. The molecule has 1 N–H and O–H groups in total. The molecule has 126 valence electrons. The highest BCUT2D eigenvalue weighted by molar-refractivity contribution is 5.94. The first kappa shape index (κ1) is 16.4. The predicted octanol–water partition coefficient (Wildman–Crippen LogP) is 3.82. The molecule has 0 spiro atoms. The van der Waals surface area contributed by atoms with Gasteiger partial charge in [0.1, 0.15) is 11.5 Å². The normalized spacial score (nSPS) is 16.2. The molecule has 0 saturated carbocycles. The fourth-order valence-electron chi connectivity index (χ4n) is 3.33. The number of ether oxygens (including phenoxy) is 2. The van der Waals surface area contributed by atoms with Crippen LogP contribution in [0.1, 0.15) is 45.9 Å². The van der Waals surface area contributed by atoms with Crippen LogP contribution in [0, 0.1) is 6.92 Å². The molecule has 0 unspecified atom stereocenters. The Kier molecular flexibility index (Phi) is 4.74. The van der Waals surface area contributed by atoms with E-state index in [9.17, 15) is 4.79 Å². The summed E-state index contributed by atoms with van der Waals surface area (Å²) in [5.74, 6) is 1.61. The Morgan fingerprint density at radius 2 is 1.96 bits per heavy atom. The van der Waals surface area contributed by atoms with Gasteiger partial charge in [-0.2, -0.15) is 0 Å². The summed E-state index contributed by atoms with van der Waals surface area (Å²) < 4.78 is 10.6. The predicted molar refractivity (Wildman–Crippen MR) is 93.9 cm³/mol. The zero-order valence-electron chi connectivity index (χ0n) is 14.4. The standard InChI is InChI=1S/C20H23NO3/c1-13-11-15(7-10-19(13)24-3)20(22)21-18-6-4-5-14-12-16(23-2)8-9-17(14)18/h7-12,18H,4-6H2,1-3H3,(H,21,22)/t18-/m0/s1. The van der Waals surface area contributed by atoms with Crippen molar-refractivity contribution in [2.75, 3.05) is 14.2 Å². The number of nitrogens with one attached hydrogen (secondary N) is 1. The molecule has 4 nitrogen and oxygen atoms in total. The molecule has 0 radical (unpaired) electrons. The zero-order chi connectivity index (χ0) is 17.1. The van der Waals surface area contributed by atoms with Crippen molar-refractivity contribution in [3.05, 3.63) is 58.7 Å². The summed E-state index contributed by atoms with van der Waals surface area (Å²) in [6, 6.07) is 11.7. The van der Waals surface area contributed by atoms with E-state index in [0.717, 1.165) is 36.3 Å². The van der Waals surface area contributed by atoms with Crippen LogP contribution in [0.5, 0.6) is 11.5 Å². The third-order valence-electron chi connectivity index (χ3n) is 4.63. The number of rotatable bonds is 4. The fourth-order valence-corrected chi connectivity index (χ4v) is 3.33. The summed E-state index contributed by atoms with van der Waals surface area (Å²) in [6.07, 6.45) is 3.05. The lowest BCUT2D eigenvalue weighted by atomic mass is 9.87. The lowest BCUT2D eigenvalue weighted by molar-refractivity contribution is 0.0932. The molecule has 24 heavy (non-hydrogen) atoms. The van der Waals surface area contributed by atoms with Gasteiger partial charge in [-0.15, -0.1) is 0 Å². The van der Waals surface area contributed by atoms with Crippen LogP contribution in [0.2, 0.25) is 0 Å². The highest BCUT2D eigenvalue weighted by Crippen LogP contribution is 2.32. The molecule has 0 heterocycles. The molecule has 1 aliphatic rings. The molecule has 2 aromatic carbocycles. The van der Waals surface area contributed by atoms with Crippen LogP contribution in [0.3, 0.4) is 0 Å². The lowest BCUT2D eigenvalue weighted by Crippen LogP contribution is -2.31. The fraction of sp³-hybridized carbons (Fsp3) is 0.350. The van der Waals surface area contributed by atoms with Crippen molar-refractivity contribution < 1.29 is 14.3 Å². The van der Waals surface area contributed by atoms with Gasteiger partial charge in [0.25, 0.3) is 5.91 Å². The second-order valence-electron chi connectivity index (χ2n) is 6.17. The van der Waals surface area contributed by atoms with Gasteiger partial charge in [0, 0.05) is 5.56 Å². The first-order valence-corrected chi connectivity index (χ1v) is 8.24. The zero-order valence-corrected chi connectivity index (χ0v) is 14.4. The average Bonchev–Trinajstić information content (AvgIpc) is 2.61. The van der Waals surface area contributed by atoms with Crippen molar-refractivity contribution in [3.8, 4) is 11.5 Å². The molecule has 1 aliphatic carbocycles. The van der Waals surface area contributed by atoms with Gasteiger partial charge in [-0.3, -0.25) is 4.79 Å². The highest BCUT2D eigenvalue weighted by Gasteiger charge is 2.23. The Balaban J connectivity index is 1.80. The summed E-state index contributed by atoms with van der Waals surface area (Å²) in [5.41, 5.74) is 4.07. The van der Waals surface area contributed by atoms with Gasteiger partial charge in [-0.1, -0.05) is 6.07 Å². The van der Waals surface area contributed by atoms with Crippen molar-refractivity contribution in [1.82, 2.24) is 5.32 Å². The van der Waals surface area contributed by atoms with E-state index in [-0.39, 0.29) is 11.9 Å².